The predicted molar refractivity (Wildman–Crippen MR) is 87.4 cm³/mol. The Balaban J connectivity index is 1.64. The molecule has 0 atom stereocenters. The smallest absolute Gasteiger partial charge is 0.361 e. The Bertz CT molecular complexity index is 718. The van der Waals surface area contributed by atoms with Crippen molar-refractivity contribution >= 4 is 11.9 Å². The van der Waals surface area contributed by atoms with Crippen molar-refractivity contribution in [2.24, 2.45) is 0 Å². The molecule has 6 nitrogen and oxygen atoms in total. The summed E-state index contributed by atoms with van der Waals surface area (Å²) in [6.45, 7) is 1.35. The zero-order valence-electron chi connectivity index (χ0n) is 13.6. The first-order valence-electron chi connectivity index (χ1n) is 8.13. The van der Waals surface area contributed by atoms with Gasteiger partial charge in [0.1, 0.15) is 0 Å². The van der Waals surface area contributed by atoms with E-state index >= 15 is 0 Å². The monoisotopic (exact) mass is 328 g/mol. The lowest BCUT2D eigenvalue weighted by molar-refractivity contribution is -0.124. The van der Waals surface area contributed by atoms with E-state index < -0.39 is 5.97 Å². The molecule has 1 amide bonds. The fourth-order valence-electron chi connectivity index (χ4n) is 2.89. The second kappa shape index (κ2) is 7.29. The van der Waals surface area contributed by atoms with Crippen molar-refractivity contribution < 1.29 is 18.7 Å². The standard InChI is InChI=1S/C18H20N2O4/c1-12-19-16(17(24-12)13-7-3-2-4-8-13)18(22)23-11-15(21)20-14-9-5-6-10-14/h2-4,7-8,14H,5-6,9-11H2,1H3,(H,20,21). The summed E-state index contributed by atoms with van der Waals surface area (Å²) in [5.74, 6) is -0.213. The molecule has 0 bridgehead atoms. The van der Waals surface area contributed by atoms with Crippen LogP contribution in [0.25, 0.3) is 11.3 Å². The van der Waals surface area contributed by atoms with Gasteiger partial charge in [-0.3, -0.25) is 4.79 Å². The first-order chi connectivity index (χ1) is 11.6. The molecular formula is C18H20N2O4. The van der Waals surface area contributed by atoms with E-state index in [0.717, 1.165) is 31.2 Å². The minimum atomic E-state index is -0.660. The summed E-state index contributed by atoms with van der Waals surface area (Å²) in [7, 11) is 0. The molecule has 0 saturated heterocycles. The third kappa shape index (κ3) is 3.82. The molecule has 3 rings (SSSR count). The number of carbonyl (C=O) groups is 2. The number of ether oxygens (including phenoxy) is 1. The fourth-order valence-corrected chi connectivity index (χ4v) is 2.89. The van der Waals surface area contributed by atoms with E-state index in [9.17, 15) is 9.59 Å². The summed E-state index contributed by atoms with van der Waals surface area (Å²) < 4.78 is 10.6. The average molecular weight is 328 g/mol. The van der Waals surface area contributed by atoms with Gasteiger partial charge in [0.15, 0.2) is 24.0 Å². The first kappa shape index (κ1) is 16.2. The molecule has 1 aliphatic rings. The summed E-state index contributed by atoms with van der Waals surface area (Å²) in [4.78, 5) is 28.2. The Hall–Kier alpha value is -2.63. The highest BCUT2D eigenvalue weighted by Crippen LogP contribution is 2.25. The van der Waals surface area contributed by atoms with E-state index in [0.29, 0.717) is 11.7 Å². The molecule has 24 heavy (non-hydrogen) atoms. The summed E-state index contributed by atoms with van der Waals surface area (Å²) in [6, 6.07) is 9.41. The number of amides is 1. The second-order valence-electron chi connectivity index (χ2n) is 5.90. The molecule has 0 radical (unpaired) electrons. The molecule has 1 heterocycles. The number of hydrogen-bond donors (Lipinski definition) is 1. The second-order valence-corrected chi connectivity index (χ2v) is 5.90. The number of rotatable bonds is 5. The van der Waals surface area contributed by atoms with Gasteiger partial charge < -0.3 is 14.5 Å². The zero-order chi connectivity index (χ0) is 16.9. The molecule has 0 spiro atoms. The molecule has 1 aromatic carbocycles. The number of oxazole rings is 1. The van der Waals surface area contributed by atoms with Crippen LogP contribution in [0, 0.1) is 6.92 Å². The van der Waals surface area contributed by atoms with Gasteiger partial charge in [-0.1, -0.05) is 43.2 Å². The number of nitrogens with one attached hydrogen (secondary N) is 1. The van der Waals surface area contributed by atoms with E-state index in [1.54, 1.807) is 6.92 Å². The van der Waals surface area contributed by atoms with Gasteiger partial charge in [-0.15, -0.1) is 0 Å². The number of benzene rings is 1. The van der Waals surface area contributed by atoms with Gasteiger partial charge in [-0.2, -0.15) is 0 Å². The Labute approximate surface area is 140 Å². The van der Waals surface area contributed by atoms with E-state index in [2.05, 4.69) is 10.3 Å². The largest absolute Gasteiger partial charge is 0.451 e. The number of carbonyl (C=O) groups excluding carboxylic acids is 2. The SMILES string of the molecule is Cc1nc(C(=O)OCC(=O)NC2CCCC2)c(-c2ccccc2)o1. The van der Waals surface area contributed by atoms with Crippen molar-refractivity contribution in [1.82, 2.24) is 10.3 Å². The van der Waals surface area contributed by atoms with Gasteiger partial charge in [0.05, 0.1) is 0 Å². The lowest BCUT2D eigenvalue weighted by Crippen LogP contribution is -2.36. The lowest BCUT2D eigenvalue weighted by atomic mass is 10.1. The predicted octanol–water partition coefficient (Wildman–Crippen LogP) is 2.87. The quantitative estimate of drug-likeness (QED) is 0.854. The molecule has 1 fully saturated rings. The Kier molecular flexibility index (Phi) is 4.93. The molecule has 6 heteroatoms. The van der Waals surface area contributed by atoms with Gasteiger partial charge in [0.25, 0.3) is 5.91 Å². The Morgan fingerprint density at radius 2 is 1.96 bits per heavy atom. The minimum Gasteiger partial charge on any atom is -0.451 e. The first-order valence-corrected chi connectivity index (χ1v) is 8.13. The highest BCUT2D eigenvalue weighted by Gasteiger charge is 2.23. The van der Waals surface area contributed by atoms with E-state index in [4.69, 9.17) is 9.15 Å². The van der Waals surface area contributed by atoms with Crippen molar-refractivity contribution in [2.75, 3.05) is 6.61 Å². The van der Waals surface area contributed by atoms with Crippen molar-refractivity contribution in [1.29, 1.82) is 0 Å². The van der Waals surface area contributed by atoms with Crippen LogP contribution in [0.1, 0.15) is 42.1 Å². The Morgan fingerprint density at radius 3 is 2.67 bits per heavy atom. The van der Waals surface area contributed by atoms with Crippen LogP contribution in [0.2, 0.25) is 0 Å². The maximum atomic E-state index is 12.3. The van der Waals surface area contributed by atoms with Gasteiger partial charge in [0, 0.05) is 18.5 Å². The highest BCUT2D eigenvalue weighted by molar-refractivity contribution is 5.95. The molecular weight excluding hydrogens is 308 g/mol. The van der Waals surface area contributed by atoms with E-state index in [1.807, 2.05) is 30.3 Å². The van der Waals surface area contributed by atoms with Crippen molar-refractivity contribution in [2.45, 2.75) is 38.6 Å². The molecule has 1 aromatic heterocycles. The summed E-state index contributed by atoms with van der Waals surface area (Å²) in [5, 5.41) is 2.88. The van der Waals surface area contributed by atoms with Crippen molar-refractivity contribution in [3.8, 4) is 11.3 Å². The molecule has 2 aromatic rings. The number of esters is 1. The summed E-state index contributed by atoms with van der Waals surface area (Å²) >= 11 is 0. The van der Waals surface area contributed by atoms with Crippen LogP contribution in [0.4, 0.5) is 0 Å². The molecule has 1 saturated carbocycles. The van der Waals surface area contributed by atoms with Gasteiger partial charge in [-0.25, -0.2) is 9.78 Å². The van der Waals surface area contributed by atoms with Crippen molar-refractivity contribution in [3.05, 3.63) is 41.9 Å². The average Bonchev–Trinajstić information content (AvgIpc) is 3.23. The van der Waals surface area contributed by atoms with Crippen LogP contribution in [0.3, 0.4) is 0 Å². The van der Waals surface area contributed by atoms with E-state index in [1.165, 1.54) is 0 Å². The number of hydrogen-bond acceptors (Lipinski definition) is 5. The van der Waals surface area contributed by atoms with Gasteiger partial charge in [-0.05, 0) is 12.8 Å². The van der Waals surface area contributed by atoms with Crippen LogP contribution < -0.4 is 5.32 Å². The Morgan fingerprint density at radius 1 is 1.25 bits per heavy atom. The topological polar surface area (TPSA) is 81.4 Å². The van der Waals surface area contributed by atoms with Crippen LogP contribution >= 0.6 is 0 Å². The third-order valence-corrected chi connectivity index (χ3v) is 4.02. The molecule has 1 aliphatic carbocycles. The normalized spacial score (nSPS) is 14.5. The maximum absolute atomic E-state index is 12.3. The van der Waals surface area contributed by atoms with Gasteiger partial charge in [0.2, 0.25) is 0 Å². The van der Waals surface area contributed by atoms with Crippen LogP contribution in [0.5, 0.6) is 0 Å². The van der Waals surface area contributed by atoms with Crippen LogP contribution in [0.15, 0.2) is 34.7 Å². The van der Waals surface area contributed by atoms with Crippen LogP contribution in [-0.4, -0.2) is 29.5 Å². The summed E-state index contributed by atoms with van der Waals surface area (Å²) in [5.41, 5.74) is 0.827. The minimum absolute atomic E-state index is 0.0902. The number of nitrogens with zero attached hydrogens (tertiary/aromatic N) is 1. The molecule has 1 N–H and O–H groups in total. The third-order valence-electron chi connectivity index (χ3n) is 4.02. The van der Waals surface area contributed by atoms with Gasteiger partial charge >= 0.3 is 5.97 Å². The summed E-state index contributed by atoms with van der Waals surface area (Å²) in [6.07, 6.45) is 4.23. The van der Waals surface area contributed by atoms with Crippen molar-refractivity contribution in [3.63, 3.8) is 0 Å². The molecule has 0 aliphatic heterocycles. The fraction of sp³-hybridized carbons (Fsp3) is 0.389. The molecule has 126 valence electrons. The number of aryl methyl sites for hydroxylation is 1. The lowest BCUT2D eigenvalue weighted by Gasteiger charge is -2.11. The molecule has 0 unspecified atom stereocenters. The zero-order valence-corrected chi connectivity index (χ0v) is 13.6. The highest BCUT2D eigenvalue weighted by atomic mass is 16.5. The van der Waals surface area contributed by atoms with Crippen LogP contribution in [-0.2, 0) is 9.53 Å². The number of aromatic nitrogens is 1. The van der Waals surface area contributed by atoms with E-state index in [-0.39, 0.29) is 24.2 Å². The maximum Gasteiger partial charge on any atom is 0.361 e.